The maximum absolute atomic E-state index is 13.1. The van der Waals surface area contributed by atoms with Crippen molar-refractivity contribution in [3.05, 3.63) is 36.2 Å². The summed E-state index contributed by atoms with van der Waals surface area (Å²) < 4.78 is 42.6. The van der Waals surface area contributed by atoms with Crippen LogP contribution in [0.2, 0.25) is 0 Å². The molecule has 0 bridgehead atoms. The minimum atomic E-state index is -4.09. The molecule has 0 atom stereocenters. The first kappa shape index (κ1) is 13.8. The van der Waals surface area contributed by atoms with Crippen molar-refractivity contribution in [3.8, 4) is 5.75 Å². The maximum Gasteiger partial charge on any atom is 0.265 e. The normalized spacial score (nSPS) is 11.5. The van der Waals surface area contributed by atoms with Gasteiger partial charge in [0.2, 0.25) is 0 Å². The Labute approximate surface area is 113 Å². The highest BCUT2D eigenvalue weighted by atomic mass is 35.7. The van der Waals surface area contributed by atoms with E-state index in [0.717, 1.165) is 12.1 Å². The second-order valence-corrected chi connectivity index (χ2v) is 6.21. The highest BCUT2D eigenvalue weighted by Crippen LogP contribution is 2.28. The molecule has 2 rings (SSSR count). The molecule has 1 aromatic heterocycles. The second kappa shape index (κ2) is 5.14. The van der Waals surface area contributed by atoms with Gasteiger partial charge in [-0.3, -0.25) is 0 Å². The summed E-state index contributed by atoms with van der Waals surface area (Å²) in [6, 6.07) is 3.08. The number of hydrogen-bond acceptors (Lipinski definition) is 5. The van der Waals surface area contributed by atoms with E-state index >= 15 is 0 Å². The Morgan fingerprint density at radius 3 is 2.79 bits per heavy atom. The Balaban J connectivity index is 2.28. The molecule has 0 saturated carbocycles. The Morgan fingerprint density at radius 2 is 2.21 bits per heavy atom. The van der Waals surface area contributed by atoms with Gasteiger partial charge in [-0.1, -0.05) is 0 Å². The SMILES string of the molecule is Cn1cnnc1COc1ccc(F)cc1S(=O)(=O)Cl. The molecule has 0 aliphatic rings. The molecule has 0 aliphatic carbocycles. The van der Waals surface area contributed by atoms with Crippen LogP contribution in [-0.4, -0.2) is 23.2 Å². The van der Waals surface area contributed by atoms with Crippen LogP contribution in [0, 0.1) is 5.82 Å². The van der Waals surface area contributed by atoms with Crippen LogP contribution >= 0.6 is 10.7 Å². The quantitative estimate of drug-likeness (QED) is 0.800. The molecule has 0 radical (unpaired) electrons. The van der Waals surface area contributed by atoms with Crippen molar-refractivity contribution in [1.82, 2.24) is 14.8 Å². The molecule has 19 heavy (non-hydrogen) atoms. The zero-order valence-corrected chi connectivity index (χ0v) is 11.3. The number of halogens is 2. The fraction of sp³-hybridized carbons (Fsp3) is 0.200. The van der Waals surface area contributed by atoms with Crippen LogP contribution < -0.4 is 4.74 Å². The van der Waals surface area contributed by atoms with E-state index in [1.807, 2.05) is 0 Å². The van der Waals surface area contributed by atoms with E-state index in [9.17, 15) is 12.8 Å². The van der Waals surface area contributed by atoms with E-state index < -0.39 is 19.8 Å². The van der Waals surface area contributed by atoms with Gasteiger partial charge in [0.05, 0.1) is 0 Å². The van der Waals surface area contributed by atoms with Gasteiger partial charge >= 0.3 is 0 Å². The summed E-state index contributed by atoms with van der Waals surface area (Å²) in [5.74, 6) is -0.271. The summed E-state index contributed by atoms with van der Waals surface area (Å²) in [6.07, 6.45) is 1.47. The van der Waals surface area contributed by atoms with Crippen LogP contribution in [0.4, 0.5) is 4.39 Å². The molecule has 0 fully saturated rings. The Morgan fingerprint density at radius 1 is 1.47 bits per heavy atom. The largest absolute Gasteiger partial charge is 0.484 e. The molecule has 0 spiro atoms. The summed E-state index contributed by atoms with van der Waals surface area (Å²) >= 11 is 0. The van der Waals surface area contributed by atoms with Crippen LogP contribution in [-0.2, 0) is 22.7 Å². The van der Waals surface area contributed by atoms with Gasteiger partial charge < -0.3 is 9.30 Å². The molecule has 2 aromatic rings. The second-order valence-electron chi connectivity index (χ2n) is 3.68. The van der Waals surface area contributed by atoms with E-state index in [4.69, 9.17) is 15.4 Å². The van der Waals surface area contributed by atoms with E-state index in [1.165, 1.54) is 12.4 Å². The van der Waals surface area contributed by atoms with Gasteiger partial charge in [-0.05, 0) is 18.2 Å². The maximum atomic E-state index is 13.1. The highest BCUT2D eigenvalue weighted by Gasteiger charge is 2.18. The molecule has 0 saturated heterocycles. The summed E-state index contributed by atoms with van der Waals surface area (Å²) in [6.45, 7) is -0.0124. The molecule has 0 N–H and O–H groups in total. The van der Waals surface area contributed by atoms with E-state index in [-0.39, 0.29) is 12.4 Å². The van der Waals surface area contributed by atoms with Crippen LogP contribution in [0.25, 0.3) is 0 Å². The molecule has 6 nitrogen and oxygen atoms in total. The van der Waals surface area contributed by atoms with Crippen molar-refractivity contribution in [2.45, 2.75) is 11.5 Å². The predicted octanol–water partition coefficient (Wildman–Crippen LogP) is 1.46. The van der Waals surface area contributed by atoms with Crippen molar-refractivity contribution >= 4 is 19.7 Å². The third kappa shape index (κ3) is 3.21. The zero-order valence-electron chi connectivity index (χ0n) is 9.75. The topological polar surface area (TPSA) is 74.1 Å². The van der Waals surface area contributed by atoms with Gasteiger partial charge in [-0.2, -0.15) is 0 Å². The van der Waals surface area contributed by atoms with Crippen molar-refractivity contribution < 1.29 is 17.5 Å². The number of nitrogens with zero attached hydrogens (tertiary/aromatic N) is 3. The fourth-order valence-electron chi connectivity index (χ4n) is 1.37. The monoisotopic (exact) mass is 305 g/mol. The Hall–Kier alpha value is -1.67. The summed E-state index contributed by atoms with van der Waals surface area (Å²) in [7, 11) is 2.84. The number of hydrogen-bond donors (Lipinski definition) is 0. The molecular formula is C10H9ClFN3O3S. The van der Waals surface area contributed by atoms with E-state index in [0.29, 0.717) is 5.82 Å². The van der Waals surface area contributed by atoms with Crippen molar-refractivity contribution in [3.63, 3.8) is 0 Å². The third-order valence-electron chi connectivity index (χ3n) is 2.33. The van der Waals surface area contributed by atoms with Gasteiger partial charge in [0, 0.05) is 17.7 Å². The zero-order chi connectivity index (χ0) is 14.0. The minimum Gasteiger partial charge on any atom is -0.484 e. The molecule has 1 aromatic carbocycles. The summed E-state index contributed by atoms with van der Waals surface area (Å²) in [5, 5.41) is 7.42. The molecule has 0 amide bonds. The van der Waals surface area contributed by atoms with E-state index in [2.05, 4.69) is 10.2 Å². The molecular weight excluding hydrogens is 297 g/mol. The number of rotatable bonds is 4. The summed E-state index contributed by atoms with van der Waals surface area (Å²) in [4.78, 5) is -0.420. The highest BCUT2D eigenvalue weighted by molar-refractivity contribution is 8.13. The van der Waals surface area contributed by atoms with Crippen LogP contribution in [0.1, 0.15) is 5.82 Å². The number of aromatic nitrogens is 3. The molecule has 0 unspecified atom stereocenters. The fourth-order valence-corrected chi connectivity index (χ4v) is 2.35. The molecule has 9 heteroatoms. The van der Waals surface area contributed by atoms with Gasteiger partial charge in [0.15, 0.2) is 5.82 Å². The lowest BCUT2D eigenvalue weighted by atomic mass is 10.3. The average molecular weight is 306 g/mol. The first-order chi connectivity index (χ1) is 8.88. The van der Waals surface area contributed by atoms with E-state index in [1.54, 1.807) is 11.6 Å². The van der Waals surface area contributed by atoms with Crippen LogP contribution in [0.15, 0.2) is 29.4 Å². The van der Waals surface area contributed by atoms with Crippen molar-refractivity contribution in [2.24, 2.45) is 7.05 Å². The minimum absolute atomic E-state index is 0.0124. The van der Waals surface area contributed by atoms with Crippen LogP contribution in [0.3, 0.4) is 0 Å². The van der Waals surface area contributed by atoms with Crippen molar-refractivity contribution in [1.29, 1.82) is 0 Å². The molecule has 0 aliphatic heterocycles. The standard InChI is InChI=1S/C10H9ClFN3O3S/c1-15-6-13-14-10(15)5-18-8-3-2-7(12)4-9(8)19(11,16)17/h2-4,6H,5H2,1H3. The average Bonchev–Trinajstić information content (AvgIpc) is 2.72. The summed E-state index contributed by atoms with van der Waals surface area (Å²) in [5.41, 5.74) is 0. The van der Waals surface area contributed by atoms with Crippen LogP contribution in [0.5, 0.6) is 5.75 Å². The predicted molar refractivity (Wildman–Crippen MR) is 64.8 cm³/mol. The van der Waals surface area contributed by atoms with Gasteiger partial charge in [0.25, 0.3) is 9.05 Å². The lowest BCUT2D eigenvalue weighted by molar-refractivity contribution is 0.283. The lowest BCUT2D eigenvalue weighted by Gasteiger charge is -2.09. The Bertz CT molecular complexity index is 702. The number of benzene rings is 1. The molecule has 1 heterocycles. The molecule has 102 valence electrons. The lowest BCUT2D eigenvalue weighted by Crippen LogP contribution is -2.05. The van der Waals surface area contributed by atoms with Gasteiger partial charge in [-0.25, -0.2) is 12.8 Å². The third-order valence-corrected chi connectivity index (χ3v) is 3.67. The van der Waals surface area contributed by atoms with Crippen molar-refractivity contribution in [2.75, 3.05) is 0 Å². The smallest absolute Gasteiger partial charge is 0.265 e. The first-order valence-corrected chi connectivity index (χ1v) is 7.39. The Kier molecular flexibility index (Phi) is 3.72. The number of ether oxygens (including phenoxy) is 1. The number of aryl methyl sites for hydroxylation is 1. The van der Waals surface area contributed by atoms with Gasteiger partial charge in [0.1, 0.15) is 29.4 Å². The van der Waals surface area contributed by atoms with Gasteiger partial charge in [-0.15, -0.1) is 10.2 Å². The first-order valence-electron chi connectivity index (χ1n) is 5.08.